The highest BCUT2D eigenvalue weighted by Gasteiger charge is 2.16. The highest BCUT2D eigenvalue weighted by molar-refractivity contribution is 6.31. The second kappa shape index (κ2) is 8.17. The van der Waals surface area contributed by atoms with Crippen molar-refractivity contribution in [2.24, 2.45) is 0 Å². The highest BCUT2D eigenvalue weighted by atomic mass is 35.5. The molecule has 0 spiro atoms. The zero-order valence-electron chi connectivity index (χ0n) is 11.3. The number of amides is 1. The van der Waals surface area contributed by atoms with Crippen LogP contribution in [0.5, 0.6) is 0 Å². The van der Waals surface area contributed by atoms with Crippen molar-refractivity contribution in [1.82, 2.24) is 10.6 Å². The fraction of sp³-hybridized carbons (Fsp3) is 0.462. The number of rotatable bonds is 5. The van der Waals surface area contributed by atoms with Gasteiger partial charge in [0.05, 0.1) is 4.92 Å². The molecule has 1 aliphatic rings. The number of non-ortho nitro benzene ring substituents is 1. The molecule has 1 amide bonds. The minimum Gasteiger partial charge on any atom is -0.352 e. The summed E-state index contributed by atoms with van der Waals surface area (Å²) in [7, 11) is 0. The maximum atomic E-state index is 11.9. The minimum absolute atomic E-state index is 0. The molecule has 1 aromatic rings. The molecule has 0 radical (unpaired) electrons. The molecule has 0 bridgehead atoms. The summed E-state index contributed by atoms with van der Waals surface area (Å²) in [5.41, 5.74) is 0.0312. The van der Waals surface area contributed by atoms with Gasteiger partial charge >= 0.3 is 0 Å². The molecule has 8 heteroatoms. The van der Waals surface area contributed by atoms with E-state index in [1.165, 1.54) is 24.6 Å². The van der Waals surface area contributed by atoms with E-state index in [9.17, 15) is 14.9 Å². The molecule has 1 aliphatic heterocycles. The standard InChI is InChI=1S/C13H16ClN3O3.ClH/c14-10-6-9(7-12(8-10)17(19)20)13(18)16-5-3-11-2-1-4-15-11;/h6-8,11,15H,1-5H2,(H,16,18);1H/t11-;/m1./s1. The van der Waals surface area contributed by atoms with E-state index in [4.69, 9.17) is 11.6 Å². The Bertz CT molecular complexity index is 519. The molecule has 1 fully saturated rings. The number of nitro groups is 1. The van der Waals surface area contributed by atoms with Gasteiger partial charge in [-0.1, -0.05) is 11.6 Å². The molecular weight excluding hydrogens is 317 g/mol. The third-order valence-electron chi connectivity index (χ3n) is 3.30. The number of nitro benzene ring substituents is 1. The van der Waals surface area contributed by atoms with Crippen molar-refractivity contribution in [2.75, 3.05) is 13.1 Å². The number of nitrogens with one attached hydrogen (secondary N) is 2. The van der Waals surface area contributed by atoms with Gasteiger partial charge in [0.2, 0.25) is 0 Å². The van der Waals surface area contributed by atoms with Gasteiger partial charge in [-0.3, -0.25) is 14.9 Å². The van der Waals surface area contributed by atoms with Crippen molar-refractivity contribution < 1.29 is 9.72 Å². The molecule has 116 valence electrons. The van der Waals surface area contributed by atoms with Crippen LogP contribution in [0.4, 0.5) is 5.69 Å². The second-order valence-corrected chi connectivity index (χ2v) is 5.23. The van der Waals surface area contributed by atoms with E-state index in [0.717, 1.165) is 19.4 Å². The van der Waals surface area contributed by atoms with Crippen LogP contribution in [-0.4, -0.2) is 30.0 Å². The Hall–Kier alpha value is -1.37. The van der Waals surface area contributed by atoms with Crippen LogP contribution in [0.3, 0.4) is 0 Å². The molecule has 0 aliphatic carbocycles. The summed E-state index contributed by atoms with van der Waals surface area (Å²) in [6.45, 7) is 1.57. The summed E-state index contributed by atoms with van der Waals surface area (Å²) in [4.78, 5) is 22.1. The van der Waals surface area contributed by atoms with E-state index in [2.05, 4.69) is 10.6 Å². The Balaban J connectivity index is 0.00000220. The van der Waals surface area contributed by atoms with Crippen LogP contribution in [0.25, 0.3) is 0 Å². The van der Waals surface area contributed by atoms with Crippen molar-refractivity contribution in [1.29, 1.82) is 0 Å². The molecule has 0 saturated carbocycles. The van der Waals surface area contributed by atoms with Gasteiger partial charge in [0, 0.05) is 35.3 Å². The summed E-state index contributed by atoms with van der Waals surface area (Å²) in [6, 6.07) is 4.33. The summed E-state index contributed by atoms with van der Waals surface area (Å²) in [5.74, 6) is -0.339. The monoisotopic (exact) mass is 333 g/mol. The number of halogens is 2. The molecule has 1 atom stereocenters. The number of hydrogen-bond donors (Lipinski definition) is 2. The molecule has 2 N–H and O–H groups in total. The first-order valence-corrected chi connectivity index (χ1v) is 6.90. The molecule has 1 saturated heterocycles. The summed E-state index contributed by atoms with van der Waals surface area (Å²) >= 11 is 5.78. The third-order valence-corrected chi connectivity index (χ3v) is 3.51. The van der Waals surface area contributed by atoms with Gasteiger partial charge < -0.3 is 10.6 Å². The first-order valence-electron chi connectivity index (χ1n) is 6.53. The quantitative estimate of drug-likeness (QED) is 0.640. The van der Waals surface area contributed by atoms with Crippen molar-refractivity contribution in [2.45, 2.75) is 25.3 Å². The molecular formula is C13H17Cl2N3O3. The maximum absolute atomic E-state index is 11.9. The number of carbonyl (C=O) groups excluding carboxylic acids is 1. The summed E-state index contributed by atoms with van der Waals surface area (Å²) in [6.07, 6.45) is 3.14. The third kappa shape index (κ3) is 5.15. The Morgan fingerprint density at radius 1 is 1.48 bits per heavy atom. The van der Waals surface area contributed by atoms with E-state index in [1.807, 2.05) is 0 Å². The van der Waals surface area contributed by atoms with E-state index < -0.39 is 4.92 Å². The van der Waals surface area contributed by atoms with E-state index in [1.54, 1.807) is 0 Å². The van der Waals surface area contributed by atoms with Gasteiger partial charge in [-0.05, 0) is 31.9 Å². The largest absolute Gasteiger partial charge is 0.352 e. The van der Waals surface area contributed by atoms with Crippen molar-refractivity contribution >= 4 is 35.6 Å². The van der Waals surface area contributed by atoms with Crippen LogP contribution in [0.2, 0.25) is 5.02 Å². The smallest absolute Gasteiger partial charge is 0.271 e. The van der Waals surface area contributed by atoms with Crippen LogP contribution in [-0.2, 0) is 0 Å². The van der Waals surface area contributed by atoms with Gasteiger partial charge in [-0.2, -0.15) is 0 Å². The molecule has 2 rings (SSSR count). The lowest BCUT2D eigenvalue weighted by molar-refractivity contribution is -0.384. The Morgan fingerprint density at radius 2 is 2.24 bits per heavy atom. The average molecular weight is 334 g/mol. The Labute approximate surface area is 133 Å². The van der Waals surface area contributed by atoms with Crippen LogP contribution in [0, 0.1) is 10.1 Å². The van der Waals surface area contributed by atoms with Gasteiger partial charge in [-0.15, -0.1) is 12.4 Å². The lowest BCUT2D eigenvalue weighted by Crippen LogP contribution is -2.30. The Kier molecular flexibility index (Phi) is 6.87. The second-order valence-electron chi connectivity index (χ2n) is 4.79. The van der Waals surface area contributed by atoms with Gasteiger partial charge in [-0.25, -0.2) is 0 Å². The zero-order valence-corrected chi connectivity index (χ0v) is 12.9. The van der Waals surface area contributed by atoms with Gasteiger partial charge in [0.25, 0.3) is 11.6 Å². The van der Waals surface area contributed by atoms with E-state index >= 15 is 0 Å². The van der Waals surface area contributed by atoms with Crippen LogP contribution in [0.15, 0.2) is 18.2 Å². The van der Waals surface area contributed by atoms with E-state index in [0.29, 0.717) is 12.6 Å². The normalized spacial score (nSPS) is 17.1. The van der Waals surface area contributed by atoms with Gasteiger partial charge in [0.1, 0.15) is 0 Å². The van der Waals surface area contributed by atoms with Crippen molar-refractivity contribution in [3.63, 3.8) is 0 Å². The predicted molar refractivity (Wildman–Crippen MR) is 83.3 cm³/mol. The molecule has 1 aromatic carbocycles. The van der Waals surface area contributed by atoms with Crippen LogP contribution in [0.1, 0.15) is 29.6 Å². The molecule has 0 aromatic heterocycles. The van der Waals surface area contributed by atoms with Gasteiger partial charge in [0.15, 0.2) is 0 Å². The Morgan fingerprint density at radius 3 is 2.86 bits per heavy atom. The molecule has 21 heavy (non-hydrogen) atoms. The minimum atomic E-state index is -0.564. The van der Waals surface area contributed by atoms with Crippen LogP contribution >= 0.6 is 24.0 Å². The first-order chi connectivity index (χ1) is 9.56. The highest BCUT2D eigenvalue weighted by Crippen LogP contribution is 2.20. The lowest BCUT2D eigenvalue weighted by atomic mass is 10.1. The molecule has 1 heterocycles. The average Bonchev–Trinajstić information content (AvgIpc) is 2.91. The summed E-state index contributed by atoms with van der Waals surface area (Å²) in [5, 5.41) is 17.0. The van der Waals surface area contributed by atoms with Crippen molar-refractivity contribution in [3.05, 3.63) is 38.9 Å². The van der Waals surface area contributed by atoms with Crippen LogP contribution < -0.4 is 10.6 Å². The van der Waals surface area contributed by atoms with E-state index in [-0.39, 0.29) is 34.6 Å². The number of benzene rings is 1. The summed E-state index contributed by atoms with van der Waals surface area (Å²) < 4.78 is 0. The fourth-order valence-electron chi connectivity index (χ4n) is 2.28. The fourth-order valence-corrected chi connectivity index (χ4v) is 2.51. The predicted octanol–water partition coefficient (Wildman–Crippen LogP) is 2.54. The van der Waals surface area contributed by atoms with Crippen molar-refractivity contribution in [3.8, 4) is 0 Å². The lowest BCUT2D eigenvalue weighted by Gasteiger charge is -2.10. The SMILES string of the molecule is Cl.O=C(NCC[C@H]1CCCN1)c1cc(Cl)cc([N+](=O)[O-])c1. The topological polar surface area (TPSA) is 84.3 Å². The number of hydrogen-bond acceptors (Lipinski definition) is 4. The first kappa shape index (κ1) is 17.7. The maximum Gasteiger partial charge on any atom is 0.271 e. The molecule has 6 nitrogen and oxygen atoms in total. The molecule has 0 unspecified atom stereocenters. The number of nitrogens with zero attached hydrogens (tertiary/aromatic N) is 1. The number of carbonyl (C=O) groups is 1. The zero-order chi connectivity index (χ0) is 14.5.